The molecule has 0 aliphatic heterocycles. The zero-order valence-corrected chi connectivity index (χ0v) is 12.9. The van der Waals surface area contributed by atoms with Gasteiger partial charge in [-0.2, -0.15) is 0 Å². The first-order valence-corrected chi connectivity index (χ1v) is 7.80. The number of aryl methyl sites for hydroxylation is 1. The summed E-state index contributed by atoms with van der Waals surface area (Å²) in [5.74, 6) is 2.52. The van der Waals surface area contributed by atoms with Crippen molar-refractivity contribution >= 4 is 17.6 Å². The zero-order chi connectivity index (χ0) is 14.1. The van der Waals surface area contributed by atoms with Crippen molar-refractivity contribution in [2.45, 2.75) is 42.5 Å². The average Bonchev–Trinajstić information content (AvgIpc) is 3.28. The number of hydrogen-bond acceptors (Lipinski definition) is 4. The number of nitrogens with zero attached hydrogens (tertiary/aromatic N) is 2. The van der Waals surface area contributed by atoms with E-state index in [4.69, 9.17) is 4.98 Å². The van der Waals surface area contributed by atoms with Crippen LogP contribution in [0.5, 0.6) is 0 Å². The number of anilines is 1. The van der Waals surface area contributed by atoms with E-state index in [9.17, 15) is 0 Å². The third-order valence-corrected chi connectivity index (χ3v) is 4.87. The van der Waals surface area contributed by atoms with E-state index in [2.05, 4.69) is 48.4 Å². The van der Waals surface area contributed by atoms with Gasteiger partial charge in [-0.3, -0.25) is 0 Å². The van der Waals surface area contributed by atoms with Crippen molar-refractivity contribution in [1.29, 1.82) is 0 Å². The minimum Gasteiger partial charge on any atom is -0.373 e. The Labute approximate surface area is 124 Å². The van der Waals surface area contributed by atoms with Gasteiger partial charge in [0.25, 0.3) is 0 Å². The average molecular weight is 285 g/mol. The van der Waals surface area contributed by atoms with E-state index in [0.717, 1.165) is 22.2 Å². The lowest BCUT2D eigenvalue weighted by Crippen LogP contribution is -2.04. The van der Waals surface area contributed by atoms with Gasteiger partial charge in [-0.15, -0.1) is 0 Å². The molecule has 1 aromatic carbocycles. The zero-order valence-electron chi connectivity index (χ0n) is 12.1. The Kier molecular flexibility index (Phi) is 3.66. The molecule has 0 amide bonds. The van der Waals surface area contributed by atoms with E-state index in [1.165, 1.54) is 23.3 Å². The Morgan fingerprint density at radius 3 is 2.55 bits per heavy atom. The van der Waals surface area contributed by atoms with Gasteiger partial charge in [0.1, 0.15) is 16.7 Å². The van der Waals surface area contributed by atoms with Crippen LogP contribution in [-0.4, -0.2) is 17.0 Å². The molecule has 0 saturated heterocycles. The standard InChI is InChI=1S/C16H19N3S/c1-10-6-4-5-7-13(10)20-16-11(2)14(17-3)18-15(19-16)12-8-9-12/h4-7,12H,8-9H2,1-3H3,(H,17,18,19). The van der Waals surface area contributed by atoms with Crippen molar-refractivity contribution < 1.29 is 0 Å². The number of hydrogen-bond donors (Lipinski definition) is 1. The van der Waals surface area contributed by atoms with Gasteiger partial charge in [0, 0.05) is 23.4 Å². The first-order chi connectivity index (χ1) is 9.69. The molecule has 0 spiro atoms. The third-order valence-electron chi connectivity index (χ3n) is 3.60. The molecule has 0 atom stereocenters. The van der Waals surface area contributed by atoms with Crippen molar-refractivity contribution in [3.05, 3.63) is 41.2 Å². The lowest BCUT2D eigenvalue weighted by Gasteiger charge is -2.12. The van der Waals surface area contributed by atoms with Crippen molar-refractivity contribution in [2.24, 2.45) is 0 Å². The summed E-state index contributed by atoms with van der Waals surface area (Å²) in [6.07, 6.45) is 2.45. The Bertz CT molecular complexity index is 636. The maximum atomic E-state index is 4.79. The number of aromatic nitrogens is 2. The van der Waals surface area contributed by atoms with Crippen LogP contribution in [-0.2, 0) is 0 Å². The van der Waals surface area contributed by atoms with Crippen LogP contribution >= 0.6 is 11.8 Å². The molecular weight excluding hydrogens is 266 g/mol. The van der Waals surface area contributed by atoms with E-state index in [-0.39, 0.29) is 0 Å². The Morgan fingerprint density at radius 1 is 1.15 bits per heavy atom. The molecule has 1 N–H and O–H groups in total. The topological polar surface area (TPSA) is 37.8 Å². The summed E-state index contributed by atoms with van der Waals surface area (Å²) < 4.78 is 0. The molecule has 0 bridgehead atoms. The molecular formula is C16H19N3S. The summed E-state index contributed by atoms with van der Waals surface area (Å²) in [5, 5.41) is 4.26. The maximum Gasteiger partial charge on any atom is 0.135 e. The summed E-state index contributed by atoms with van der Waals surface area (Å²) >= 11 is 1.74. The van der Waals surface area contributed by atoms with Crippen LogP contribution in [0.4, 0.5) is 5.82 Å². The van der Waals surface area contributed by atoms with Gasteiger partial charge in [0.15, 0.2) is 0 Å². The minimum atomic E-state index is 0.568. The summed E-state index contributed by atoms with van der Waals surface area (Å²) in [6, 6.07) is 8.44. The highest BCUT2D eigenvalue weighted by Crippen LogP contribution is 2.41. The molecule has 2 aromatic rings. The van der Waals surface area contributed by atoms with Gasteiger partial charge in [0.2, 0.25) is 0 Å². The van der Waals surface area contributed by atoms with E-state index in [1.54, 1.807) is 11.8 Å². The molecule has 1 saturated carbocycles. The highest BCUT2D eigenvalue weighted by atomic mass is 32.2. The maximum absolute atomic E-state index is 4.79. The molecule has 1 aliphatic rings. The minimum absolute atomic E-state index is 0.568. The van der Waals surface area contributed by atoms with Crippen LogP contribution in [0.3, 0.4) is 0 Å². The fourth-order valence-electron chi connectivity index (χ4n) is 2.15. The summed E-state index contributed by atoms with van der Waals surface area (Å²) in [7, 11) is 1.92. The number of benzene rings is 1. The van der Waals surface area contributed by atoms with Gasteiger partial charge in [-0.1, -0.05) is 30.0 Å². The van der Waals surface area contributed by atoms with Gasteiger partial charge in [-0.05, 0) is 38.3 Å². The number of nitrogens with one attached hydrogen (secondary N) is 1. The van der Waals surface area contributed by atoms with Crippen LogP contribution < -0.4 is 5.32 Å². The first kappa shape index (κ1) is 13.4. The number of rotatable bonds is 4. The van der Waals surface area contributed by atoms with E-state index >= 15 is 0 Å². The van der Waals surface area contributed by atoms with E-state index in [1.807, 2.05) is 7.05 Å². The predicted octanol–water partition coefficient (Wildman–Crippen LogP) is 4.16. The molecule has 1 heterocycles. The summed E-state index contributed by atoms with van der Waals surface area (Å²) in [4.78, 5) is 10.7. The van der Waals surface area contributed by atoms with Gasteiger partial charge >= 0.3 is 0 Å². The fourth-order valence-corrected chi connectivity index (χ4v) is 3.13. The highest BCUT2D eigenvalue weighted by molar-refractivity contribution is 7.99. The Morgan fingerprint density at radius 2 is 1.90 bits per heavy atom. The van der Waals surface area contributed by atoms with Crippen LogP contribution in [0, 0.1) is 13.8 Å². The van der Waals surface area contributed by atoms with E-state index < -0.39 is 0 Å². The second kappa shape index (κ2) is 5.44. The second-order valence-electron chi connectivity index (χ2n) is 5.25. The first-order valence-electron chi connectivity index (χ1n) is 6.99. The lowest BCUT2D eigenvalue weighted by atomic mass is 10.2. The Balaban J connectivity index is 1.99. The third kappa shape index (κ3) is 2.66. The van der Waals surface area contributed by atoms with Crippen molar-refractivity contribution in [3.63, 3.8) is 0 Å². The molecule has 20 heavy (non-hydrogen) atoms. The Hall–Kier alpha value is -1.55. The molecule has 3 nitrogen and oxygen atoms in total. The molecule has 0 radical (unpaired) electrons. The summed E-state index contributed by atoms with van der Waals surface area (Å²) in [6.45, 7) is 4.22. The van der Waals surface area contributed by atoms with Gasteiger partial charge < -0.3 is 5.32 Å². The highest BCUT2D eigenvalue weighted by Gasteiger charge is 2.28. The van der Waals surface area contributed by atoms with Crippen LogP contribution in [0.15, 0.2) is 34.2 Å². The molecule has 1 aromatic heterocycles. The van der Waals surface area contributed by atoms with Gasteiger partial charge in [-0.25, -0.2) is 9.97 Å². The molecule has 104 valence electrons. The van der Waals surface area contributed by atoms with Gasteiger partial charge in [0.05, 0.1) is 0 Å². The van der Waals surface area contributed by atoms with E-state index in [0.29, 0.717) is 5.92 Å². The molecule has 1 fully saturated rings. The van der Waals surface area contributed by atoms with Crippen molar-refractivity contribution in [1.82, 2.24) is 9.97 Å². The van der Waals surface area contributed by atoms with Crippen molar-refractivity contribution in [3.8, 4) is 0 Å². The molecule has 0 unspecified atom stereocenters. The summed E-state index contributed by atoms with van der Waals surface area (Å²) in [5.41, 5.74) is 2.42. The monoisotopic (exact) mass is 285 g/mol. The fraction of sp³-hybridized carbons (Fsp3) is 0.375. The molecule has 1 aliphatic carbocycles. The SMILES string of the molecule is CNc1nc(C2CC2)nc(Sc2ccccc2C)c1C. The molecule has 4 heteroatoms. The largest absolute Gasteiger partial charge is 0.373 e. The second-order valence-corrected chi connectivity index (χ2v) is 6.28. The quantitative estimate of drug-likeness (QED) is 0.856. The predicted molar refractivity (Wildman–Crippen MR) is 83.6 cm³/mol. The van der Waals surface area contributed by atoms with Crippen LogP contribution in [0.1, 0.15) is 35.7 Å². The smallest absolute Gasteiger partial charge is 0.135 e. The lowest BCUT2D eigenvalue weighted by molar-refractivity contribution is 0.864. The molecule has 3 rings (SSSR count). The normalized spacial score (nSPS) is 14.3. The van der Waals surface area contributed by atoms with Crippen LogP contribution in [0.25, 0.3) is 0 Å². The van der Waals surface area contributed by atoms with Crippen LogP contribution in [0.2, 0.25) is 0 Å². The van der Waals surface area contributed by atoms with Crippen molar-refractivity contribution in [2.75, 3.05) is 12.4 Å².